The van der Waals surface area contributed by atoms with Gasteiger partial charge in [0.1, 0.15) is 5.88 Å². The lowest BCUT2D eigenvalue weighted by Crippen LogP contribution is -2.37. The minimum atomic E-state index is -0.0226. The van der Waals surface area contributed by atoms with Crippen LogP contribution in [-0.2, 0) is 18.4 Å². The van der Waals surface area contributed by atoms with Crippen LogP contribution in [-0.4, -0.2) is 37.3 Å². The van der Waals surface area contributed by atoms with Crippen LogP contribution >= 0.6 is 27.5 Å². The maximum Gasteiger partial charge on any atom is 0.237 e. The number of alkyl halides is 2. The second kappa shape index (κ2) is 5.21. The van der Waals surface area contributed by atoms with E-state index in [1.165, 1.54) is 0 Å². The van der Waals surface area contributed by atoms with Crippen molar-refractivity contribution in [2.24, 2.45) is 7.05 Å². The molecule has 0 aliphatic heterocycles. The largest absolute Gasteiger partial charge is 0.336 e. The van der Waals surface area contributed by atoms with Gasteiger partial charge in [-0.05, 0) is 19.8 Å². The Balaban J connectivity index is 2.09. The van der Waals surface area contributed by atoms with Crippen molar-refractivity contribution >= 4 is 33.4 Å². The average Bonchev–Trinajstić information content (AvgIpc) is 3.00. The number of carbonyl (C=O) groups is 1. The molecule has 0 aromatic carbocycles. The van der Waals surface area contributed by atoms with Gasteiger partial charge in [0.15, 0.2) is 0 Å². The van der Waals surface area contributed by atoms with Gasteiger partial charge >= 0.3 is 0 Å². The molecule has 0 atom stereocenters. The Bertz CT molecular complexity index is 456. The molecule has 6 heteroatoms. The number of carbonyl (C=O) groups excluding carboxylic acids is 1. The Morgan fingerprint density at radius 1 is 1.67 bits per heavy atom. The minimum Gasteiger partial charge on any atom is -0.336 e. The average molecular weight is 335 g/mol. The van der Waals surface area contributed by atoms with Crippen molar-refractivity contribution < 1.29 is 4.79 Å². The lowest BCUT2D eigenvalue weighted by molar-refractivity contribution is -0.129. The SMILES string of the molecule is Cc1c(CN(CC2(Br)CC2)C(=O)CCl)cnn1C. The summed E-state index contributed by atoms with van der Waals surface area (Å²) in [6, 6.07) is 0. The Kier molecular flexibility index (Phi) is 4.02. The summed E-state index contributed by atoms with van der Waals surface area (Å²) in [5, 5.41) is 4.20. The molecule has 0 unspecified atom stereocenters. The van der Waals surface area contributed by atoms with Crippen LogP contribution in [0.3, 0.4) is 0 Å². The van der Waals surface area contributed by atoms with Crippen LogP contribution in [0.5, 0.6) is 0 Å². The van der Waals surface area contributed by atoms with Crippen LogP contribution in [0.1, 0.15) is 24.1 Å². The van der Waals surface area contributed by atoms with E-state index in [9.17, 15) is 4.79 Å². The quantitative estimate of drug-likeness (QED) is 0.775. The first-order valence-electron chi connectivity index (χ1n) is 5.95. The van der Waals surface area contributed by atoms with E-state index < -0.39 is 0 Å². The summed E-state index contributed by atoms with van der Waals surface area (Å²) in [5.41, 5.74) is 2.16. The van der Waals surface area contributed by atoms with E-state index in [0.29, 0.717) is 13.1 Å². The van der Waals surface area contributed by atoms with Crippen molar-refractivity contribution in [2.75, 3.05) is 12.4 Å². The van der Waals surface area contributed by atoms with E-state index in [4.69, 9.17) is 11.6 Å². The molecule has 1 aromatic heterocycles. The first-order chi connectivity index (χ1) is 8.45. The van der Waals surface area contributed by atoms with E-state index in [2.05, 4.69) is 21.0 Å². The third-order valence-electron chi connectivity index (χ3n) is 3.43. The van der Waals surface area contributed by atoms with Gasteiger partial charge < -0.3 is 4.90 Å². The fourth-order valence-electron chi connectivity index (χ4n) is 1.86. The molecule has 0 saturated heterocycles. The lowest BCUT2D eigenvalue weighted by Gasteiger charge is -2.24. The van der Waals surface area contributed by atoms with Crippen LogP contribution in [0.2, 0.25) is 0 Å². The zero-order valence-corrected chi connectivity index (χ0v) is 13.0. The van der Waals surface area contributed by atoms with Gasteiger partial charge in [0, 0.05) is 35.7 Å². The monoisotopic (exact) mass is 333 g/mol. The molecule has 0 radical (unpaired) electrons. The van der Waals surface area contributed by atoms with Gasteiger partial charge in [0.25, 0.3) is 0 Å². The summed E-state index contributed by atoms with van der Waals surface area (Å²) in [5.74, 6) is 0.00760. The van der Waals surface area contributed by atoms with Crippen molar-refractivity contribution in [1.29, 1.82) is 0 Å². The van der Waals surface area contributed by atoms with Gasteiger partial charge in [-0.2, -0.15) is 5.10 Å². The zero-order valence-electron chi connectivity index (χ0n) is 10.6. The van der Waals surface area contributed by atoms with Gasteiger partial charge in [-0.3, -0.25) is 9.48 Å². The van der Waals surface area contributed by atoms with Crippen molar-refractivity contribution in [2.45, 2.75) is 30.6 Å². The molecule has 1 fully saturated rings. The van der Waals surface area contributed by atoms with E-state index in [1.54, 1.807) is 0 Å². The molecule has 1 aromatic rings. The van der Waals surface area contributed by atoms with Crippen molar-refractivity contribution in [3.63, 3.8) is 0 Å². The topological polar surface area (TPSA) is 38.1 Å². The highest BCUT2D eigenvalue weighted by Gasteiger charge is 2.42. The number of aromatic nitrogens is 2. The molecule has 18 heavy (non-hydrogen) atoms. The summed E-state index contributed by atoms with van der Waals surface area (Å²) in [4.78, 5) is 13.7. The summed E-state index contributed by atoms with van der Waals surface area (Å²) in [6.45, 7) is 3.30. The first-order valence-corrected chi connectivity index (χ1v) is 7.28. The normalized spacial score (nSPS) is 16.7. The second-order valence-corrected chi connectivity index (χ2v) is 6.86. The smallest absolute Gasteiger partial charge is 0.237 e. The van der Waals surface area contributed by atoms with Crippen LogP contribution in [0, 0.1) is 6.92 Å². The summed E-state index contributed by atoms with van der Waals surface area (Å²) >= 11 is 9.35. The Labute approximate surface area is 120 Å². The van der Waals surface area contributed by atoms with E-state index in [0.717, 1.165) is 24.1 Å². The molecule has 0 N–H and O–H groups in total. The predicted molar refractivity (Wildman–Crippen MR) is 75.0 cm³/mol. The Morgan fingerprint density at radius 2 is 2.33 bits per heavy atom. The Morgan fingerprint density at radius 3 is 2.78 bits per heavy atom. The van der Waals surface area contributed by atoms with Crippen LogP contribution in [0.25, 0.3) is 0 Å². The number of amides is 1. The fraction of sp³-hybridized carbons (Fsp3) is 0.667. The molecule has 4 nitrogen and oxygen atoms in total. The molecular weight excluding hydrogens is 318 g/mol. The number of nitrogens with zero attached hydrogens (tertiary/aromatic N) is 3. The van der Waals surface area contributed by atoms with E-state index >= 15 is 0 Å². The van der Waals surface area contributed by atoms with Crippen molar-refractivity contribution in [3.05, 3.63) is 17.5 Å². The predicted octanol–water partition coefficient (Wildman–Crippen LogP) is 2.22. The maximum atomic E-state index is 11.9. The van der Waals surface area contributed by atoms with E-state index in [-0.39, 0.29) is 16.1 Å². The third kappa shape index (κ3) is 3.06. The van der Waals surface area contributed by atoms with Crippen molar-refractivity contribution in [1.82, 2.24) is 14.7 Å². The highest BCUT2D eigenvalue weighted by Crippen LogP contribution is 2.45. The highest BCUT2D eigenvalue weighted by atomic mass is 79.9. The molecule has 0 spiro atoms. The van der Waals surface area contributed by atoms with Crippen LogP contribution in [0.4, 0.5) is 0 Å². The zero-order chi connectivity index (χ0) is 13.3. The molecule has 100 valence electrons. The molecule has 1 heterocycles. The molecule has 1 amide bonds. The number of halogens is 2. The summed E-state index contributed by atoms with van der Waals surface area (Å²) < 4.78 is 1.94. The van der Waals surface area contributed by atoms with Crippen LogP contribution in [0.15, 0.2) is 6.20 Å². The van der Waals surface area contributed by atoms with Gasteiger partial charge in [0.2, 0.25) is 5.91 Å². The third-order valence-corrected chi connectivity index (χ3v) is 4.70. The standard InChI is InChI=1S/C12H17BrClN3O/c1-9-10(6-15-16(9)2)7-17(11(18)5-14)8-12(13)3-4-12/h6H,3-5,7-8H2,1-2H3. The maximum absolute atomic E-state index is 11.9. The number of hydrogen-bond acceptors (Lipinski definition) is 2. The molecule has 1 aliphatic carbocycles. The highest BCUT2D eigenvalue weighted by molar-refractivity contribution is 9.10. The first kappa shape index (κ1) is 13.9. The number of hydrogen-bond donors (Lipinski definition) is 0. The van der Waals surface area contributed by atoms with Crippen molar-refractivity contribution in [3.8, 4) is 0 Å². The number of aryl methyl sites for hydroxylation is 1. The molecule has 2 rings (SSSR count). The molecule has 0 bridgehead atoms. The van der Waals surface area contributed by atoms with E-state index in [1.807, 2.05) is 29.7 Å². The van der Waals surface area contributed by atoms with Gasteiger partial charge in [0.05, 0.1) is 6.20 Å². The number of rotatable bonds is 5. The molecule has 1 saturated carbocycles. The fourth-order valence-corrected chi connectivity index (χ4v) is 2.53. The van der Waals surface area contributed by atoms with Gasteiger partial charge in [-0.1, -0.05) is 15.9 Å². The molecular formula is C12H17BrClN3O. The molecule has 1 aliphatic rings. The minimum absolute atomic E-state index is 0.0226. The second-order valence-electron chi connectivity index (χ2n) is 4.91. The Hall–Kier alpha value is -0.550. The summed E-state index contributed by atoms with van der Waals surface area (Å²) in [6.07, 6.45) is 4.05. The van der Waals surface area contributed by atoms with Gasteiger partial charge in [-0.15, -0.1) is 11.6 Å². The van der Waals surface area contributed by atoms with Gasteiger partial charge in [-0.25, -0.2) is 0 Å². The summed E-state index contributed by atoms with van der Waals surface area (Å²) in [7, 11) is 1.90. The van der Waals surface area contributed by atoms with Crippen LogP contribution < -0.4 is 0 Å². The lowest BCUT2D eigenvalue weighted by atomic mass is 10.2.